The number of carbonyl (C=O) groups excluding carboxylic acids is 2. The van der Waals surface area contributed by atoms with Crippen LogP contribution < -0.4 is 0 Å². The van der Waals surface area contributed by atoms with E-state index in [0.29, 0.717) is 39.3 Å². The minimum absolute atomic E-state index is 0.0579. The Balaban J connectivity index is 0.000000666. The zero-order valence-corrected chi connectivity index (χ0v) is 38.3. The molecular formula is C31H54I2O7S6V. The summed E-state index contributed by atoms with van der Waals surface area (Å²) in [5.74, 6) is 7.21. The molecule has 0 aromatic carbocycles. The van der Waals surface area contributed by atoms with Crippen LogP contribution >= 0.6 is 111 Å². The van der Waals surface area contributed by atoms with Crippen LogP contribution in [0.2, 0.25) is 0 Å². The molecule has 4 rings (SSSR count). The van der Waals surface area contributed by atoms with E-state index in [1.54, 1.807) is 13.8 Å². The number of thioether (sulfide) groups is 6. The molecule has 3 aliphatic heterocycles. The predicted octanol–water partition coefficient (Wildman–Crippen LogP) is 8.05. The van der Waals surface area contributed by atoms with Crippen molar-refractivity contribution in [3.05, 3.63) is 24.3 Å². The van der Waals surface area contributed by atoms with Gasteiger partial charge in [-0.05, 0) is 92.8 Å². The van der Waals surface area contributed by atoms with Crippen molar-refractivity contribution in [2.75, 3.05) is 59.4 Å². The Morgan fingerprint density at radius 1 is 0.830 bits per heavy atom. The van der Waals surface area contributed by atoms with Crippen molar-refractivity contribution in [2.45, 2.75) is 80.2 Å². The Labute approximate surface area is 335 Å². The molecule has 47 heavy (non-hydrogen) atoms. The van der Waals surface area contributed by atoms with E-state index in [9.17, 15) is 9.59 Å². The Morgan fingerprint density at radius 2 is 1.28 bits per heavy atom. The molecule has 0 bridgehead atoms. The van der Waals surface area contributed by atoms with Crippen molar-refractivity contribution < 1.29 is 42.3 Å². The Kier molecular flexibility index (Phi) is 34.5. The average Bonchev–Trinajstić information content (AvgIpc) is 3.91. The van der Waals surface area contributed by atoms with E-state index in [2.05, 4.69) is 81.9 Å². The second-order valence-electron chi connectivity index (χ2n) is 10.8. The van der Waals surface area contributed by atoms with E-state index in [1.807, 2.05) is 47.0 Å². The Hall–Kier alpha value is 2.31. The van der Waals surface area contributed by atoms with Crippen LogP contribution in [0.4, 0.5) is 0 Å². The molecule has 4 fully saturated rings. The first-order chi connectivity index (χ1) is 22.4. The number of hydrogen-bond acceptors (Lipinski definition) is 13. The zero-order chi connectivity index (χ0) is 35.5. The van der Waals surface area contributed by atoms with E-state index in [4.69, 9.17) is 24.8 Å². The van der Waals surface area contributed by atoms with E-state index in [-0.39, 0.29) is 13.2 Å². The van der Waals surface area contributed by atoms with Crippen molar-refractivity contribution in [3.63, 3.8) is 0 Å². The summed E-state index contributed by atoms with van der Waals surface area (Å²) in [7, 11) is -0.498. The number of ether oxygens (including phenoxy) is 2. The summed E-state index contributed by atoms with van der Waals surface area (Å²) in [6, 6.07) is 0. The monoisotopic (exact) mass is 1030 g/mol. The van der Waals surface area contributed by atoms with Crippen LogP contribution in [-0.2, 0) is 27.0 Å². The molecule has 4 aliphatic rings. The topological polar surface area (TPSA) is 113 Å². The van der Waals surface area contributed by atoms with Crippen LogP contribution in [0.3, 0.4) is 0 Å². The van der Waals surface area contributed by atoms with E-state index in [1.165, 1.54) is 60.2 Å². The molecule has 0 aromatic rings. The summed E-state index contributed by atoms with van der Waals surface area (Å²) in [4.78, 5) is 23.1. The molecule has 16 heteroatoms. The molecule has 3 N–H and O–H groups in total. The van der Waals surface area contributed by atoms with Gasteiger partial charge in [-0.2, -0.15) is 23.5 Å². The van der Waals surface area contributed by atoms with Crippen molar-refractivity contribution in [1.29, 1.82) is 0 Å². The van der Waals surface area contributed by atoms with Gasteiger partial charge in [-0.25, -0.2) is 9.59 Å². The third-order valence-electron chi connectivity index (χ3n) is 5.99. The standard InChI is InChI=1S/C15H22O4S2.C7H14O2S2.C4H8O.C4H8S2.CH2.2HI.V/c1-10(2)14(16)18-9-12(19-15(17)11(3)4)8-13-20-6-5-7-21-13;8-5-6(9)4-7-10-2-1-3-11-7;5-3-4-1-2-4;1-2-5-4-6-3-1;;;;/h12-13H,1,3,5-9H2,2,4H3;6-9H,1-5H2;4-5H,1-3H2;1-4H2;1H2;2*1H;/q;;;;;;;+2/p-2. The van der Waals surface area contributed by atoms with Crippen LogP contribution in [0.1, 0.15) is 58.8 Å². The second-order valence-corrected chi connectivity index (χ2v) is 37.3. The molecule has 275 valence electrons. The normalized spacial score (nSPS) is 19.1. The van der Waals surface area contributed by atoms with Crippen LogP contribution in [-0.4, -0.2) is 113 Å². The van der Waals surface area contributed by atoms with Gasteiger partial charge in [0.25, 0.3) is 0 Å². The van der Waals surface area contributed by atoms with Crippen molar-refractivity contribution >= 4 is 128 Å². The van der Waals surface area contributed by atoms with E-state index < -0.39 is 32.0 Å². The SMILES string of the molecule is C1CSCSC1.C=C(C)C(=O)OCC(CC1SCCCS1)OC(=O)C(=C)C.OCC(O)CC1SCCCS1.OCC1CC1.[CH2]=[V]([I])[I]. The quantitative estimate of drug-likeness (QED) is 0.106. The molecular weight excluding hydrogens is 981 g/mol. The number of rotatable bonds is 11. The molecule has 0 radical (unpaired) electrons. The summed E-state index contributed by atoms with van der Waals surface area (Å²) in [5.41, 5.74) is 0.677. The second kappa shape index (κ2) is 32.9. The van der Waals surface area contributed by atoms with Gasteiger partial charge in [0.15, 0.2) is 0 Å². The Morgan fingerprint density at radius 3 is 1.60 bits per heavy atom. The number of halogens is 2. The molecule has 3 saturated heterocycles. The number of hydrogen-bond donors (Lipinski definition) is 3. The molecule has 1 aliphatic carbocycles. The average molecular weight is 1040 g/mol. The van der Waals surface area contributed by atoms with Gasteiger partial charge in [0, 0.05) is 29.3 Å². The minimum atomic E-state index is -0.516. The van der Waals surface area contributed by atoms with Crippen LogP contribution in [0.25, 0.3) is 0 Å². The number of aliphatic hydroxyl groups excluding tert-OH is 3. The molecule has 0 spiro atoms. The Bertz CT molecular complexity index is 873. The maximum absolute atomic E-state index is 11.7. The summed E-state index contributed by atoms with van der Waals surface area (Å²) in [6.07, 6.45) is 6.86. The predicted molar refractivity (Wildman–Crippen MR) is 229 cm³/mol. The van der Waals surface area contributed by atoms with Crippen LogP contribution in [0.5, 0.6) is 0 Å². The van der Waals surface area contributed by atoms with Crippen LogP contribution in [0.15, 0.2) is 24.3 Å². The molecule has 2 atom stereocenters. The van der Waals surface area contributed by atoms with Crippen molar-refractivity contribution in [1.82, 2.24) is 0 Å². The molecule has 7 nitrogen and oxygen atoms in total. The van der Waals surface area contributed by atoms with Gasteiger partial charge in [-0.3, -0.25) is 0 Å². The summed E-state index contributed by atoms with van der Waals surface area (Å²) in [6.45, 7) is 10.7. The van der Waals surface area contributed by atoms with Gasteiger partial charge in [0.05, 0.1) is 21.9 Å². The third kappa shape index (κ3) is 32.7. The fourth-order valence-corrected chi connectivity index (χ4v) is 11.6. The molecule has 0 aromatic heterocycles. The number of aliphatic hydroxyl groups is 3. The number of esters is 2. The van der Waals surface area contributed by atoms with Crippen molar-refractivity contribution in [2.24, 2.45) is 5.92 Å². The fraction of sp³-hybridized carbons (Fsp3) is 0.774. The zero-order valence-electron chi connectivity index (χ0n) is 27.7. The molecule has 0 amide bonds. The van der Waals surface area contributed by atoms with E-state index >= 15 is 0 Å². The van der Waals surface area contributed by atoms with Gasteiger partial charge in [-0.15, -0.1) is 47.0 Å². The summed E-state index contributed by atoms with van der Waals surface area (Å²) >= 11 is 16.4. The third-order valence-corrected chi connectivity index (χ3v) is 14.5. The first kappa shape index (κ1) is 49.3. The van der Waals surface area contributed by atoms with Gasteiger partial charge in [-0.1, -0.05) is 13.2 Å². The van der Waals surface area contributed by atoms with Crippen LogP contribution in [0, 0.1) is 5.92 Å². The van der Waals surface area contributed by atoms with Gasteiger partial charge in [0.1, 0.15) is 12.7 Å². The maximum atomic E-state index is 11.7. The summed E-state index contributed by atoms with van der Waals surface area (Å²) in [5, 5.41) is 31.0. The van der Waals surface area contributed by atoms with Gasteiger partial charge in [0.2, 0.25) is 0 Å². The summed E-state index contributed by atoms with van der Waals surface area (Å²) < 4.78 is 11.4. The van der Waals surface area contributed by atoms with E-state index in [0.717, 1.165) is 17.9 Å². The molecule has 3 heterocycles. The van der Waals surface area contributed by atoms with Crippen molar-refractivity contribution in [3.8, 4) is 0 Å². The van der Waals surface area contributed by atoms with Gasteiger partial charge >= 0.3 is 65.0 Å². The molecule has 1 saturated carbocycles. The first-order valence-corrected chi connectivity index (χ1v) is 32.0. The number of carbonyl (C=O) groups is 2. The van der Waals surface area contributed by atoms with Gasteiger partial charge < -0.3 is 24.8 Å². The fourth-order valence-electron chi connectivity index (χ4n) is 3.29. The molecule has 2 unspecified atom stereocenters. The first-order valence-electron chi connectivity index (χ1n) is 15.5.